The predicted molar refractivity (Wildman–Crippen MR) is 100 cm³/mol. The average molecular weight is 373 g/mol. The van der Waals surface area contributed by atoms with Crippen LogP contribution in [0, 0.1) is 0 Å². The summed E-state index contributed by atoms with van der Waals surface area (Å²) in [6.45, 7) is 4.68. The van der Waals surface area contributed by atoms with Gasteiger partial charge in [-0.25, -0.2) is 4.79 Å². The van der Waals surface area contributed by atoms with Crippen molar-refractivity contribution in [3.63, 3.8) is 0 Å². The van der Waals surface area contributed by atoms with Crippen molar-refractivity contribution in [3.8, 4) is 0 Å². The molecule has 23 heavy (non-hydrogen) atoms. The minimum absolute atomic E-state index is 0.0579. The third-order valence-corrected chi connectivity index (χ3v) is 2.89. The van der Waals surface area contributed by atoms with Crippen molar-refractivity contribution in [2.75, 3.05) is 79.3 Å². The highest BCUT2D eigenvalue weighted by molar-refractivity contribution is 6.18. The molecule has 0 rings (SSSR count). The quantitative estimate of drug-likeness (QED) is 0.404. The van der Waals surface area contributed by atoms with Crippen LogP contribution in [0.3, 0.4) is 0 Å². The number of halogens is 2. The topological polar surface area (TPSA) is 56.8 Å². The van der Waals surface area contributed by atoms with Crippen molar-refractivity contribution in [1.82, 2.24) is 20.4 Å². The number of amides is 2. The monoisotopic (exact) mass is 372 g/mol. The Hall–Kier alpha value is -0.270. The first-order valence-electron chi connectivity index (χ1n) is 7.94. The van der Waals surface area contributed by atoms with Crippen LogP contribution in [0.2, 0.25) is 0 Å². The van der Waals surface area contributed by atoms with E-state index >= 15 is 0 Å². The maximum atomic E-state index is 11.3. The summed E-state index contributed by atoms with van der Waals surface area (Å²) in [6.07, 6.45) is 1.97. The molecule has 0 heterocycles. The molecule has 0 saturated heterocycles. The van der Waals surface area contributed by atoms with E-state index in [0.717, 1.165) is 39.0 Å². The molecule has 2 N–H and O–H groups in total. The van der Waals surface area contributed by atoms with E-state index < -0.39 is 0 Å². The van der Waals surface area contributed by atoms with E-state index in [0.29, 0.717) is 25.0 Å². The van der Waals surface area contributed by atoms with Crippen LogP contribution in [0.1, 0.15) is 12.8 Å². The van der Waals surface area contributed by atoms with Crippen LogP contribution < -0.4 is 10.6 Å². The van der Waals surface area contributed by atoms with Gasteiger partial charge in [0.25, 0.3) is 0 Å². The highest BCUT2D eigenvalue weighted by Crippen LogP contribution is 1.83. The van der Waals surface area contributed by atoms with Crippen LogP contribution in [0.25, 0.3) is 0 Å². The van der Waals surface area contributed by atoms with Crippen molar-refractivity contribution in [2.45, 2.75) is 12.8 Å². The first kappa shape index (κ1) is 25.0. The van der Waals surface area contributed by atoms with Crippen LogP contribution in [0.4, 0.5) is 4.79 Å². The van der Waals surface area contributed by atoms with Gasteiger partial charge in [0.2, 0.25) is 0 Å². The zero-order chi connectivity index (χ0) is 17.9. The number of alkyl halides is 2. The first-order chi connectivity index (χ1) is 10.9. The second-order valence-corrected chi connectivity index (χ2v) is 6.24. The molecule has 0 bridgehead atoms. The predicted octanol–water partition coefficient (Wildman–Crippen LogP) is 1.67. The summed E-state index contributed by atoms with van der Waals surface area (Å²) in [6, 6.07) is -0.0579. The number of ether oxygens (including phenoxy) is 1. The number of nitrogens with zero attached hydrogens (tertiary/aromatic N) is 2. The maximum absolute atomic E-state index is 11.3. The van der Waals surface area contributed by atoms with Gasteiger partial charge >= 0.3 is 6.03 Å². The highest BCUT2D eigenvalue weighted by atomic mass is 35.5. The lowest BCUT2D eigenvalue weighted by atomic mass is 10.4. The number of urea groups is 1. The fourth-order valence-corrected chi connectivity index (χ4v) is 1.69. The Morgan fingerprint density at radius 1 is 0.870 bits per heavy atom. The Morgan fingerprint density at radius 2 is 1.26 bits per heavy atom. The summed E-state index contributed by atoms with van der Waals surface area (Å²) in [5.41, 5.74) is 0. The Kier molecular flexibility index (Phi) is 21.5. The molecule has 0 atom stereocenters. The summed E-state index contributed by atoms with van der Waals surface area (Å²) in [5, 5.41) is 5.67. The van der Waals surface area contributed by atoms with Crippen LogP contribution in [0.15, 0.2) is 0 Å². The van der Waals surface area contributed by atoms with Gasteiger partial charge in [0.15, 0.2) is 0 Å². The van der Waals surface area contributed by atoms with E-state index in [1.165, 1.54) is 0 Å². The molecule has 2 amide bonds. The van der Waals surface area contributed by atoms with Gasteiger partial charge in [-0.1, -0.05) is 0 Å². The number of carbonyl (C=O) groups is 1. The molecular weight excluding hydrogens is 339 g/mol. The Morgan fingerprint density at radius 3 is 1.57 bits per heavy atom. The van der Waals surface area contributed by atoms with Crippen molar-refractivity contribution in [2.24, 2.45) is 0 Å². The van der Waals surface area contributed by atoms with Gasteiger partial charge < -0.3 is 25.2 Å². The number of carbonyl (C=O) groups excluding carboxylic acids is 1. The Balaban J connectivity index is 0. The van der Waals surface area contributed by atoms with E-state index in [1.54, 1.807) is 0 Å². The minimum Gasteiger partial charge on any atom is -0.379 e. The van der Waals surface area contributed by atoms with Gasteiger partial charge in [-0.3, -0.25) is 0 Å². The Labute approximate surface area is 151 Å². The van der Waals surface area contributed by atoms with Crippen LogP contribution in [-0.4, -0.2) is 95.2 Å². The lowest BCUT2D eigenvalue weighted by molar-refractivity contribution is 0.165. The lowest BCUT2D eigenvalue weighted by Gasteiger charge is -2.12. The van der Waals surface area contributed by atoms with Crippen molar-refractivity contribution in [3.05, 3.63) is 0 Å². The van der Waals surface area contributed by atoms with E-state index in [4.69, 9.17) is 27.9 Å². The van der Waals surface area contributed by atoms with E-state index in [9.17, 15) is 4.79 Å². The molecule has 8 heteroatoms. The molecule has 140 valence electrons. The molecule has 0 aliphatic heterocycles. The molecule has 0 radical (unpaired) electrons. The zero-order valence-corrected chi connectivity index (χ0v) is 16.5. The van der Waals surface area contributed by atoms with Crippen molar-refractivity contribution >= 4 is 29.2 Å². The average Bonchev–Trinajstić information content (AvgIpc) is 2.49. The molecule has 0 fully saturated rings. The van der Waals surface area contributed by atoms with Gasteiger partial charge in [0.1, 0.15) is 0 Å². The normalized spacial score (nSPS) is 10.4. The highest BCUT2D eigenvalue weighted by Gasteiger charge is 1.98. The molecule has 0 spiro atoms. The van der Waals surface area contributed by atoms with E-state index in [1.807, 2.05) is 28.2 Å². The van der Waals surface area contributed by atoms with Crippen LogP contribution in [0.5, 0.6) is 0 Å². The number of nitrogens with one attached hydrogen (secondary N) is 2. The number of rotatable bonds is 12. The summed E-state index contributed by atoms with van der Waals surface area (Å²) in [5.74, 6) is 1.10. The van der Waals surface area contributed by atoms with Gasteiger partial charge in [-0.05, 0) is 54.1 Å². The molecule has 6 nitrogen and oxygen atoms in total. The van der Waals surface area contributed by atoms with E-state index in [2.05, 4.69) is 20.4 Å². The van der Waals surface area contributed by atoms with Gasteiger partial charge in [-0.15, -0.1) is 23.2 Å². The third kappa shape index (κ3) is 26.9. The SMILES string of the molecule is CN(C)CCCNC(=O)NCCCN(C)C.ClCCOCCCl. The Bertz CT molecular complexity index is 236. The smallest absolute Gasteiger partial charge is 0.314 e. The summed E-state index contributed by atoms with van der Waals surface area (Å²) in [7, 11) is 8.12. The van der Waals surface area contributed by atoms with Gasteiger partial charge in [0, 0.05) is 24.8 Å². The van der Waals surface area contributed by atoms with Crippen molar-refractivity contribution in [1.29, 1.82) is 0 Å². The van der Waals surface area contributed by atoms with Gasteiger partial charge in [-0.2, -0.15) is 0 Å². The second-order valence-electron chi connectivity index (χ2n) is 5.49. The third-order valence-electron chi connectivity index (χ3n) is 2.58. The summed E-state index contributed by atoms with van der Waals surface area (Å²) < 4.78 is 4.87. The molecule has 0 aromatic heterocycles. The second kappa shape index (κ2) is 19.8. The fraction of sp³-hybridized carbons (Fsp3) is 0.933. The molecule has 0 aromatic carbocycles. The van der Waals surface area contributed by atoms with Crippen molar-refractivity contribution < 1.29 is 9.53 Å². The molecule has 0 aliphatic rings. The number of hydrogen-bond donors (Lipinski definition) is 2. The molecule has 0 aliphatic carbocycles. The number of hydrogen-bond acceptors (Lipinski definition) is 4. The molecule has 0 unspecified atom stereocenters. The maximum Gasteiger partial charge on any atom is 0.314 e. The van der Waals surface area contributed by atoms with Gasteiger partial charge in [0.05, 0.1) is 13.2 Å². The minimum atomic E-state index is -0.0579. The zero-order valence-electron chi connectivity index (χ0n) is 15.0. The fourth-order valence-electron chi connectivity index (χ4n) is 1.47. The standard InChI is InChI=1S/C11H26N4O.C4H8Cl2O/c1-14(2)9-5-7-12-11(16)13-8-6-10-15(3)4;5-1-3-7-4-2-6/h5-10H2,1-4H3,(H2,12,13,16);1-4H2. The largest absolute Gasteiger partial charge is 0.379 e. The summed E-state index contributed by atoms with van der Waals surface area (Å²) >= 11 is 10.5. The van der Waals surface area contributed by atoms with Crippen LogP contribution in [-0.2, 0) is 4.74 Å². The lowest BCUT2D eigenvalue weighted by Crippen LogP contribution is -2.37. The first-order valence-corrected chi connectivity index (χ1v) is 9.01. The molecular formula is C15H34Cl2N4O2. The molecule has 0 saturated carbocycles. The summed E-state index contributed by atoms with van der Waals surface area (Å²) in [4.78, 5) is 15.5. The van der Waals surface area contributed by atoms with Crippen LogP contribution >= 0.6 is 23.2 Å². The van der Waals surface area contributed by atoms with E-state index in [-0.39, 0.29) is 6.03 Å². The molecule has 0 aromatic rings.